The van der Waals surface area contributed by atoms with E-state index in [0.717, 1.165) is 18.4 Å². The highest BCUT2D eigenvalue weighted by Gasteiger charge is 2.18. The number of primary amides is 1. The van der Waals surface area contributed by atoms with Gasteiger partial charge in [-0.15, -0.1) is 0 Å². The maximum atomic E-state index is 12.0. The van der Waals surface area contributed by atoms with Gasteiger partial charge in [0.15, 0.2) is 0 Å². The minimum absolute atomic E-state index is 0.0592. The summed E-state index contributed by atoms with van der Waals surface area (Å²) in [7, 11) is 0. The molecule has 1 fully saturated rings. The number of phenols is 1. The first-order valence-corrected chi connectivity index (χ1v) is 8.67. The van der Waals surface area contributed by atoms with E-state index in [1.807, 2.05) is 6.92 Å². The monoisotopic (exact) mass is 350 g/mol. The number of nitrogens with one attached hydrogen (secondary N) is 1. The number of benzene rings is 1. The summed E-state index contributed by atoms with van der Waals surface area (Å²) in [6, 6.07) is 5.38. The van der Waals surface area contributed by atoms with E-state index in [2.05, 4.69) is 10.1 Å². The lowest BCUT2D eigenvalue weighted by Gasteiger charge is -2.23. The van der Waals surface area contributed by atoms with E-state index in [4.69, 9.17) is 5.73 Å². The Morgan fingerprint density at radius 2 is 1.80 bits per heavy atom. The predicted molar refractivity (Wildman–Crippen MR) is 97.6 cm³/mol. The highest BCUT2D eigenvalue weighted by molar-refractivity contribution is 5.97. The summed E-state index contributed by atoms with van der Waals surface area (Å²) >= 11 is 0. The van der Waals surface area contributed by atoms with E-state index >= 15 is 0 Å². The van der Waals surface area contributed by atoms with Gasteiger partial charge in [0.1, 0.15) is 11.4 Å². The summed E-state index contributed by atoms with van der Waals surface area (Å²) < 4.78 is 4.58. The molecular formula is C19H30N2O4. The molecule has 0 unspecified atom stereocenters. The van der Waals surface area contributed by atoms with Crippen LogP contribution < -0.4 is 11.1 Å². The number of hydrogen-bond donors (Lipinski definition) is 3. The van der Waals surface area contributed by atoms with E-state index in [1.165, 1.54) is 19.3 Å². The van der Waals surface area contributed by atoms with Gasteiger partial charge in [-0.2, -0.15) is 0 Å². The van der Waals surface area contributed by atoms with Crippen LogP contribution in [0.25, 0.3) is 0 Å². The van der Waals surface area contributed by atoms with Crippen molar-refractivity contribution in [3.05, 3.63) is 29.3 Å². The van der Waals surface area contributed by atoms with Crippen molar-refractivity contribution in [2.75, 3.05) is 0 Å². The first-order chi connectivity index (χ1) is 11.6. The van der Waals surface area contributed by atoms with Crippen molar-refractivity contribution in [1.29, 1.82) is 0 Å². The number of carbonyl (C=O) groups excluding carboxylic acids is 2. The Morgan fingerprint density at radius 3 is 2.28 bits per heavy atom. The molecule has 0 radical (unpaired) electrons. The predicted octanol–water partition coefficient (Wildman–Crippen LogP) is 3.64. The second-order valence-electron chi connectivity index (χ2n) is 7.36. The van der Waals surface area contributed by atoms with Crippen LogP contribution >= 0.6 is 0 Å². The number of hydrogen-bond acceptors (Lipinski definition) is 4. The summed E-state index contributed by atoms with van der Waals surface area (Å²) in [5.74, 6) is -0.0954. The van der Waals surface area contributed by atoms with Crippen LogP contribution in [0.15, 0.2) is 18.2 Å². The summed E-state index contributed by atoms with van der Waals surface area (Å²) in [6.07, 6.45) is 5.02. The number of amides is 2. The lowest BCUT2D eigenvalue weighted by atomic mass is 9.95. The van der Waals surface area contributed by atoms with Crippen LogP contribution in [0, 0.1) is 6.92 Å². The van der Waals surface area contributed by atoms with Crippen LogP contribution in [0.4, 0.5) is 4.79 Å². The second-order valence-corrected chi connectivity index (χ2v) is 7.36. The second kappa shape index (κ2) is 9.30. The third kappa shape index (κ3) is 8.42. The molecule has 1 aromatic rings. The topological polar surface area (TPSA) is 102 Å². The zero-order valence-electron chi connectivity index (χ0n) is 15.6. The molecule has 140 valence electrons. The fraction of sp³-hybridized carbons (Fsp3) is 0.579. The molecule has 0 heterocycles. The number of aryl methyl sites for hydroxylation is 1. The van der Waals surface area contributed by atoms with Gasteiger partial charge in [0.05, 0.1) is 5.56 Å². The first-order valence-electron chi connectivity index (χ1n) is 8.67. The van der Waals surface area contributed by atoms with Crippen molar-refractivity contribution < 1.29 is 19.4 Å². The molecule has 1 aliphatic carbocycles. The minimum Gasteiger partial charge on any atom is -0.507 e. The number of rotatable bonds is 2. The van der Waals surface area contributed by atoms with Gasteiger partial charge in [-0.1, -0.05) is 30.9 Å². The van der Waals surface area contributed by atoms with Crippen LogP contribution in [0.3, 0.4) is 0 Å². The van der Waals surface area contributed by atoms with Crippen LogP contribution in [0.5, 0.6) is 5.75 Å². The fourth-order valence-corrected chi connectivity index (χ4v) is 2.64. The molecule has 6 nitrogen and oxygen atoms in total. The zero-order chi connectivity index (χ0) is 19.0. The maximum Gasteiger partial charge on any atom is 0.405 e. The summed E-state index contributed by atoms with van der Waals surface area (Å²) in [6.45, 7) is 7.20. The van der Waals surface area contributed by atoms with Gasteiger partial charge in [-0.25, -0.2) is 4.79 Å². The molecule has 6 heteroatoms. The zero-order valence-corrected chi connectivity index (χ0v) is 15.6. The van der Waals surface area contributed by atoms with Crippen molar-refractivity contribution in [3.63, 3.8) is 0 Å². The van der Waals surface area contributed by atoms with Crippen LogP contribution in [-0.2, 0) is 4.74 Å². The number of nitrogens with two attached hydrogens (primary N) is 1. The van der Waals surface area contributed by atoms with Crippen LogP contribution in [0.1, 0.15) is 68.8 Å². The SMILES string of the molecule is CC(C)(C)OC(N)=O.Cc1ccc(O)c(C(=O)NC2CCCCC2)c1. The van der Waals surface area contributed by atoms with Gasteiger partial charge < -0.3 is 20.9 Å². The maximum absolute atomic E-state index is 12.0. The largest absolute Gasteiger partial charge is 0.507 e. The Balaban J connectivity index is 0.000000333. The van der Waals surface area contributed by atoms with E-state index in [1.54, 1.807) is 39.0 Å². The third-order valence-electron chi connectivity index (χ3n) is 3.74. The van der Waals surface area contributed by atoms with Crippen molar-refractivity contribution >= 4 is 12.0 Å². The molecule has 1 saturated carbocycles. The molecule has 2 rings (SSSR count). The smallest absolute Gasteiger partial charge is 0.405 e. The Kier molecular flexibility index (Phi) is 7.74. The number of aromatic hydroxyl groups is 1. The molecule has 0 atom stereocenters. The molecule has 2 amide bonds. The average Bonchev–Trinajstić information content (AvgIpc) is 2.49. The normalized spacial score (nSPS) is 14.9. The molecule has 0 saturated heterocycles. The molecule has 1 aliphatic rings. The highest BCUT2D eigenvalue weighted by atomic mass is 16.6. The van der Waals surface area contributed by atoms with E-state index in [0.29, 0.717) is 5.56 Å². The lowest BCUT2D eigenvalue weighted by Crippen LogP contribution is -2.36. The molecule has 0 aromatic heterocycles. The number of ether oxygens (including phenoxy) is 1. The minimum atomic E-state index is -0.725. The Bertz CT molecular complexity index is 588. The molecular weight excluding hydrogens is 320 g/mol. The van der Waals surface area contributed by atoms with Crippen LogP contribution in [0.2, 0.25) is 0 Å². The van der Waals surface area contributed by atoms with Crippen LogP contribution in [-0.4, -0.2) is 28.7 Å². The Hall–Kier alpha value is -2.24. The van der Waals surface area contributed by atoms with E-state index in [9.17, 15) is 14.7 Å². The summed E-state index contributed by atoms with van der Waals surface area (Å²) in [5, 5.41) is 12.7. The molecule has 4 N–H and O–H groups in total. The average molecular weight is 350 g/mol. The van der Waals surface area contributed by atoms with Gasteiger partial charge in [0, 0.05) is 6.04 Å². The molecule has 0 spiro atoms. The fourth-order valence-electron chi connectivity index (χ4n) is 2.64. The van der Waals surface area contributed by atoms with Gasteiger partial charge in [-0.3, -0.25) is 4.79 Å². The molecule has 25 heavy (non-hydrogen) atoms. The standard InChI is InChI=1S/C14H19NO2.C5H11NO2/c1-10-7-8-13(16)12(9-10)14(17)15-11-5-3-2-4-6-11;1-5(2,3)8-4(6)7/h7-9,11,16H,2-6H2,1H3,(H,15,17);1-3H3,(H2,6,7). The van der Waals surface area contributed by atoms with Crippen molar-refractivity contribution in [1.82, 2.24) is 5.32 Å². The van der Waals surface area contributed by atoms with Crippen molar-refractivity contribution in [2.45, 2.75) is 71.4 Å². The molecule has 0 aliphatic heterocycles. The quantitative estimate of drug-likeness (QED) is 0.758. The third-order valence-corrected chi connectivity index (χ3v) is 3.74. The summed E-state index contributed by atoms with van der Waals surface area (Å²) in [5.41, 5.74) is 5.63. The number of phenolic OH excluding ortho intramolecular Hbond substituents is 1. The van der Waals surface area contributed by atoms with Gasteiger partial charge >= 0.3 is 6.09 Å². The Morgan fingerprint density at radius 1 is 1.20 bits per heavy atom. The first kappa shape index (κ1) is 20.8. The van der Waals surface area contributed by atoms with Crippen molar-refractivity contribution in [3.8, 4) is 5.75 Å². The Labute approximate surface area is 149 Å². The van der Waals surface area contributed by atoms with Crippen molar-refractivity contribution in [2.24, 2.45) is 5.73 Å². The van der Waals surface area contributed by atoms with Gasteiger partial charge in [0.2, 0.25) is 0 Å². The lowest BCUT2D eigenvalue weighted by molar-refractivity contribution is 0.0599. The number of carbonyl (C=O) groups is 2. The van der Waals surface area contributed by atoms with E-state index < -0.39 is 11.7 Å². The van der Waals surface area contributed by atoms with E-state index in [-0.39, 0.29) is 17.7 Å². The highest BCUT2D eigenvalue weighted by Crippen LogP contribution is 2.21. The molecule has 1 aromatic carbocycles. The van der Waals surface area contributed by atoms with Gasteiger partial charge in [0.25, 0.3) is 5.91 Å². The van der Waals surface area contributed by atoms with Gasteiger partial charge in [-0.05, 0) is 52.7 Å². The summed E-state index contributed by atoms with van der Waals surface area (Å²) in [4.78, 5) is 22.0. The molecule has 0 bridgehead atoms.